The second-order valence-electron chi connectivity index (χ2n) is 6.61. The highest BCUT2D eigenvalue weighted by Gasteiger charge is 2.30. The Hall–Kier alpha value is -2.36. The van der Waals surface area contributed by atoms with Crippen molar-refractivity contribution in [1.82, 2.24) is 0 Å². The molecule has 3 rings (SSSR count). The average Bonchev–Trinajstić information content (AvgIpc) is 2.64. The van der Waals surface area contributed by atoms with Crippen molar-refractivity contribution in [3.8, 4) is 0 Å². The molecule has 0 saturated carbocycles. The van der Waals surface area contributed by atoms with Crippen LogP contribution in [0.2, 0.25) is 0 Å². The smallest absolute Gasteiger partial charge is 0.290 e. The Labute approximate surface area is 152 Å². The van der Waals surface area contributed by atoms with Gasteiger partial charge in [0.1, 0.15) is 0 Å². The highest BCUT2D eigenvalue weighted by molar-refractivity contribution is 5.63. The fourth-order valence-electron chi connectivity index (χ4n) is 3.31. The van der Waals surface area contributed by atoms with Gasteiger partial charge in [0.15, 0.2) is 0 Å². The molecule has 0 aliphatic heterocycles. The summed E-state index contributed by atoms with van der Waals surface area (Å²) in [6.45, 7) is 2.05. The summed E-state index contributed by atoms with van der Waals surface area (Å²) in [5, 5.41) is 0. The van der Waals surface area contributed by atoms with Crippen LogP contribution < -0.4 is 0 Å². The van der Waals surface area contributed by atoms with Gasteiger partial charge in [-0.05, 0) is 67.1 Å². The van der Waals surface area contributed by atoms with Gasteiger partial charge in [0, 0.05) is 0 Å². The summed E-state index contributed by atoms with van der Waals surface area (Å²) in [5.41, 5.74) is 3.91. The van der Waals surface area contributed by atoms with Gasteiger partial charge in [0.2, 0.25) is 0 Å². The maximum atomic E-state index is 12.8. The van der Waals surface area contributed by atoms with Crippen molar-refractivity contribution in [3.63, 3.8) is 0 Å². The van der Waals surface area contributed by atoms with Gasteiger partial charge in [-0.25, -0.2) is 0 Å². The van der Waals surface area contributed by atoms with Crippen molar-refractivity contribution in [2.45, 2.75) is 44.8 Å². The Bertz CT molecular complexity index is 818. The summed E-state index contributed by atoms with van der Waals surface area (Å²) in [5.74, 6) is 0. The fraction of sp³-hybridized carbons (Fsp3) is 0.318. The molecule has 1 aliphatic carbocycles. The number of rotatable bonds is 5. The van der Waals surface area contributed by atoms with Crippen LogP contribution in [0.15, 0.2) is 53.5 Å². The van der Waals surface area contributed by atoms with Crippen LogP contribution in [0.5, 0.6) is 0 Å². The van der Waals surface area contributed by atoms with E-state index >= 15 is 0 Å². The number of aliphatic imine (C=N–C) groups is 1. The van der Waals surface area contributed by atoms with Crippen LogP contribution in [-0.2, 0) is 19.0 Å². The first-order valence-electron chi connectivity index (χ1n) is 8.91. The molecule has 0 spiro atoms. The molecule has 0 amide bonds. The van der Waals surface area contributed by atoms with Crippen molar-refractivity contribution in [2.75, 3.05) is 0 Å². The minimum Gasteiger partial charge on any atom is -0.290 e. The van der Waals surface area contributed by atoms with Gasteiger partial charge >= 0.3 is 6.18 Å². The molecule has 1 atom stereocenters. The van der Waals surface area contributed by atoms with E-state index in [1.54, 1.807) is 6.07 Å². The lowest BCUT2D eigenvalue weighted by molar-refractivity contribution is -0.137. The molecule has 26 heavy (non-hydrogen) atoms. The Morgan fingerprint density at radius 1 is 1.15 bits per heavy atom. The first-order valence-corrected chi connectivity index (χ1v) is 8.91. The Morgan fingerprint density at radius 2 is 1.96 bits per heavy atom. The van der Waals surface area contributed by atoms with Crippen LogP contribution in [0.3, 0.4) is 0 Å². The molecule has 0 bridgehead atoms. The molecule has 0 N–H and O–H groups in total. The number of alkyl halides is 3. The van der Waals surface area contributed by atoms with E-state index in [4.69, 9.17) is 0 Å². The third-order valence-electron chi connectivity index (χ3n) is 4.69. The largest absolute Gasteiger partial charge is 0.416 e. The quantitative estimate of drug-likeness (QED) is 0.547. The first-order chi connectivity index (χ1) is 12.4. The maximum absolute atomic E-state index is 12.8. The van der Waals surface area contributed by atoms with Crippen molar-refractivity contribution in [2.24, 2.45) is 4.99 Å². The molecule has 0 unspecified atom stereocenters. The fourth-order valence-corrected chi connectivity index (χ4v) is 3.31. The topological polar surface area (TPSA) is 12.4 Å². The summed E-state index contributed by atoms with van der Waals surface area (Å²) in [4.78, 5) is 4.61. The minimum atomic E-state index is -4.29. The van der Waals surface area contributed by atoms with Gasteiger partial charge < -0.3 is 0 Å². The molecular formula is C22H22F3N. The van der Waals surface area contributed by atoms with Crippen molar-refractivity contribution >= 4 is 12.3 Å². The molecular weight excluding hydrogens is 335 g/mol. The molecule has 0 aromatic heterocycles. The summed E-state index contributed by atoms with van der Waals surface area (Å²) < 4.78 is 38.3. The Kier molecular flexibility index (Phi) is 5.60. The van der Waals surface area contributed by atoms with Crippen molar-refractivity contribution in [3.05, 3.63) is 76.4 Å². The lowest BCUT2D eigenvalue weighted by Gasteiger charge is -2.17. The van der Waals surface area contributed by atoms with Crippen LogP contribution in [0.1, 0.15) is 53.6 Å². The zero-order valence-electron chi connectivity index (χ0n) is 14.8. The van der Waals surface area contributed by atoms with Crippen LogP contribution in [-0.4, -0.2) is 6.21 Å². The second-order valence-corrected chi connectivity index (χ2v) is 6.61. The molecule has 0 saturated heterocycles. The van der Waals surface area contributed by atoms with E-state index in [0.717, 1.165) is 18.9 Å². The van der Waals surface area contributed by atoms with Crippen molar-refractivity contribution < 1.29 is 13.2 Å². The molecule has 136 valence electrons. The molecule has 4 heteroatoms. The number of halogens is 3. The number of aryl methyl sites for hydroxylation is 2. The number of hydrogen-bond acceptors (Lipinski definition) is 1. The van der Waals surface area contributed by atoms with E-state index in [2.05, 4.69) is 42.3 Å². The van der Waals surface area contributed by atoms with E-state index in [0.29, 0.717) is 18.4 Å². The van der Waals surface area contributed by atoms with Gasteiger partial charge in [0.05, 0.1) is 11.6 Å². The molecule has 1 aliphatic rings. The van der Waals surface area contributed by atoms with Gasteiger partial charge in [-0.3, -0.25) is 4.99 Å². The third kappa shape index (κ3) is 4.43. The van der Waals surface area contributed by atoms with E-state index in [1.165, 1.54) is 28.8 Å². The zero-order valence-corrected chi connectivity index (χ0v) is 14.8. The molecule has 1 nitrogen and oxygen atoms in total. The van der Waals surface area contributed by atoms with Crippen LogP contribution in [0, 0.1) is 0 Å². The maximum Gasteiger partial charge on any atom is 0.416 e. The normalized spacial score (nSPS) is 15.2. The van der Waals surface area contributed by atoms with Crippen LogP contribution in [0.4, 0.5) is 13.2 Å². The highest BCUT2D eigenvalue weighted by atomic mass is 19.4. The van der Waals surface area contributed by atoms with E-state index < -0.39 is 11.7 Å². The van der Waals surface area contributed by atoms with Gasteiger partial charge in [-0.2, -0.15) is 13.2 Å². The number of hydrogen-bond donors (Lipinski definition) is 0. The predicted octanol–water partition coefficient (Wildman–Crippen LogP) is 6.43. The molecule has 0 heterocycles. The van der Waals surface area contributed by atoms with Crippen molar-refractivity contribution in [1.29, 1.82) is 0 Å². The SMILES string of the molecule is C[C@@H](N=CCCc1cccc(C(F)(F)F)c1)c1cccc2c1C=CCC2. The lowest BCUT2D eigenvalue weighted by atomic mass is 9.91. The number of nitrogens with zero attached hydrogens (tertiary/aromatic N) is 1. The monoisotopic (exact) mass is 357 g/mol. The molecule has 2 aromatic rings. The Balaban J connectivity index is 1.62. The first kappa shape index (κ1) is 18.4. The Morgan fingerprint density at radius 3 is 2.77 bits per heavy atom. The molecule has 0 radical (unpaired) electrons. The van der Waals surface area contributed by atoms with Gasteiger partial charge in [0.25, 0.3) is 0 Å². The van der Waals surface area contributed by atoms with Gasteiger partial charge in [-0.1, -0.05) is 48.6 Å². The van der Waals surface area contributed by atoms with Crippen LogP contribution >= 0.6 is 0 Å². The highest BCUT2D eigenvalue weighted by Crippen LogP contribution is 2.30. The third-order valence-corrected chi connectivity index (χ3v) is 4.69. The average molecular weight is 357 g/mol. The zero-order chi connectivity index (χ0) is 18.6. The minimum absolute atomic E-state index is 0.0363. The van der Waals surface area contributed by atoms with E-state index in [-0.39, 0.29) is 6.04 Å². The number of benzene rings is 2. The summed E-state index contributed by atoms with van der Waals surface area (Å²) >= 11 is 0. The molecule has 0 fully saturated rings. The second kappa shape index (κ2) is 7.90. The van der Waals surface area contributed by atoms with Crippen LogP contribution in [0.25, 0.3) is 6.08 Å². The lowest BCUT2D eigenvalue weighted by Crippen LogP contribution is -2.05. The summed E-state index contributed by atoms with van der Waals surface area (Å²) in [6.07, 6.45) is 5.20. The molecule has 2 aromatic carbocycles. The number of allylic oxidation sites excluding steroid dienone is 1. The predicted molar refractivity (Wildman–Crippen MR) is 100 cm³/mol. The summed E-state index contributed by atoms with van der Waals surface area (Å²) in [7, 11) is 0. The number of fused-ring (bicyclic) bond motifs is 1. The summed E-state index contributed by atoms with van der Waals surface area (Å²) in [6, 6.07) is 11.9. The van der Waals surface area contributed by atoms with Gasteiger partial charge in [-0.15, -0.1) is 0 Å². The van der Waals surface area contributed by atoms with E-state index in [1.807, 2.05) is 6.21 Å². The standard InChI is InChI=1S/C22H22F3N/c1-16(20-13-5-10-18-9-2-3-12-21(18)20)26-14-6-8-17-7-4-11-19(15-17)22(23,24)25/h3-5,7,10-16H,2,6,8-9H2,1H3/t16-/m1/s1. The van der Waals surface area contributed by atoms with E-state index in [9.17, 15) is 13.2 Å².